The van der Waals surface area contributed by atoms with Gasteiger partial charge in [0.05, 0.1) is 16.8 Å². The molecule has 3 N–H and O–H groups in total. The first-order valence-electron chi connectivity index (χ1n) is 4.03. The number of carbonyl (C=O) groups is 1. The maximum atomic E-state index is 13.1. The summed E-state index contributed by atoms with van der Waals surface area (Å²) in [6.07, 6.45) is 0. The van der Waals surface area contributed by atoms with Crippen LogP contribution in [0.2, 0.25) is 5.02 Å². The van der Waals surface area contributed by atoms with Crippen LogP contribution in [0.4, 0.5) is 10.1 Å². The molecule has 0 unspecified atom stereocenters. The van der Waals surface area contributed by atoms with E-state index >= 15 is 0 Å². The van der Waals surface area contributed by atoms with E-state index in [4.69, 9.17) is 17.3 Å². The van der Waals surface area contributed by atoms with E-state index in [1.165, 1.54) is 25.1 Å². The SMILES string of the molecule is C[C@H](N)C(=O)Nc1c(F)cccc1Cl. The van der Waals surface area contributed by atoms with Gasteiger partial charge in [0.2, 0.25) is 5.91 Å². The summed E-state index contributed by atoms with van der Waals surface area (Å²) in [4.78, 5) is 11.2. The van der Waals surface area contributed by atoms with Crippen LogP contribution in [0.25, 0.3) is 0 Å². The third-order valence-corrected chi connectivity index (χ3v) is 1.94. The van der Waals surface area contributed by atoms with E-state index in [1.807, 2.05) is 0 Å². The maximum Gasteiger partial charge on any atom is 0.241 e. The molecule has 0 spiro atoms. The number of hydrogen-bond donors (Lipinski definition) is 2. The highest BCUT2D eigenvalue weighted by Gasteiger charge is 2.12. The van der Waals surface area contributed by atoms with Crippen LogP contribution in [0, 0.1) is 5.82 Å². The lowest BCUT2D eigenvalue weighted by atomic mass is 10.2. The summed E-state index contributed by atoms with van der Waals surface area (Å²) < 4.78 is 13.1. The molecule has 76 valence electrons. The first kappa shape index (κ1) is 10.9. The minimum Gasteiger partial charge on any atom is -0.321 e. The van der Waals surface area contributed by atoms with Crippen molar-refractivity contribution in [2.45, 2.75) is 13.0 Å². The summed E-state index contributed by atoms with van der Waals surface area (Å²) in [5.41, 5.74) is 5.28. The van der Waals surface area contributed by atoms with E-state index in [0.717, 1.165) is 0 Å². The van der Waals surface area contributed by atoms with Gasteiger partial charge in [-0.2, -0.15) is 0 Å². The Morgan fingerprint density at radius 1 is 1.64 bits per heavy atom. The van der Waals surface area contributed by atoms with Crippen LogP contribution in [0.15, 0.2) is 18.2 Å². The summed E-state index contributed by atoms with van der Waals surface area (Å²) >= 11 is 5.68. The van der Waals surface area contributed by atoms with Crippen molar-refractivity contribution in [1.82, 2.24) is 0 Å². The van der Waals surface area contributed by atoms with Crippen LogP contribution in [-0.2, 0) is 4.79 Å². The Hall–Kier alpha value is -1.13. The van der Waals surface area contributed by atoms with Crippen LogP contribution in [0.3, 0.4) is 0 Å². The maximum absolute atomic E-state index is 13.1. The quantitative estimate of drug-likeness (QED) is 0.792. The van der Waals surface area contributed by atoms with E-state index < -0.39 is 17.8 Å². The molecule has 1 rings (SSSR count). The van der Waals surface area contributed by atoms with Crippen molar-refractivity contribution in [3.05, 3.63) is 29.0 Å². The van der Waals surface area contributed by atoms with Gasteiger partial charge in [-0.1, -0.05) is 17.7 Å². The second-order valence-electron chi connectivity index (χ2n) is 2.87. The topological polar surface area (TPSA) is 55.1 Å². The van der Waals surface area contributed by atoms with E-state index in [0.29, 0.717) is 0 Å². The Bertz CT molecular complexity index is 334. The van der Waals surface area contributed by atoms with Crippen molar-refractivity contribution >= 4 is 23.2 Å². The highest BCUT2D eigenvalue weighted by Crippen LogP contribution is 2.24. The van der Waals surface area contributed by atoms with Gasteiger partial charge in [0.15, 0.2) is 0 Å². The summed E-state index contributed by atoms with van der Waals surface area (Å²) in [5.74, 6) is -1.05. The second kappa shape index (κ2) is 4.39. The van der Waals surface area contributed by atoms with Crippen LogP contribution in [0.1, 0.15) is 6.92 Å². The summed E-state index contributed by atoms with van der Waals surface area (Å²) in [6.45, 7) is 1.50. The number of hydrogen-bond acceptors (Lipinski definition) is 2. The van der Waals surface area contributed by atoms with Gasteiger partial charge in [0.1, 0.15) is 5.82 Å². The Morgan fingerprint density at radius 3 is 2.79 bits per heavy atom. The highest BCUT2D eigenvalue weighted by molar-refractivity contribution is 6.33. The summed E-state index contributed by atoms with van der Waals surface area (Å²) in [5, 5.41) is 2.46. The van der Waals surface area contributed by atoms with Gasteiger partial charge in [-0.3, -0.25) is 4.79 Å². The molecule has 0 saturated carbocycles. The molecule has 0 aliphatic heterocycles. The van der Waals surface area contributed by atoms with Crippen molar-refractivity contribution in [3.8, 4) is 0 Å². The highest BCUT2D eigenvalue weighted by atomic mass is 35.5. The zero-order valence-corrected chi connectivity index (χ0v) is 8.31. The molecule has 0 radical (unpaired) electrons. The first-order chi connectivity index (χ1) is 6.52. The summed E-state index contributed by atoms with van der Waals surface area (Å²) in [6, 6.07) is 3.45. The number of nitrogens with one attached hydrogen (secondary N) is 1. The van der Waals surface area contributed by atoms with Gasteiger partial charge in [0.25, 0.3) is 0 Å². The molecule has 0 aromatic heterocycles. The van der Waals surface area contributed by atoms with Crippen molar-refractivity contribution < 1.29 is 9.18 Å². The largest absolute Gasteiger partial charge is 0.321 e. The molecule has 0 heterocycles. The number of rotatable bonds is 2. The Morgan fingerprint density at radius 2 is 2.29 bits per heavy atom. The fourth-order valence-corrected chi connectivity index (χ4v) is 1.06. The van der Waals surface area contributed by atoms with Crippen LogP contribution in [0.5, 0.6) is 0 Å². The molecule has 0 aliphatic carbocycles. The van der Waals surface area contributed by atoms with Gasteiger partial charge in [-0.25, -0.2) is 4.39 Å². The lowest BCUT2D eigenvalue weighted by Gasteiger charge is -2.09. The zero-order chi connectivity index (χ0) is 10.7. The number of carbonyl (C=O) groups excluding carboxylic acids is 1. The fraction of sp³-hybridized carbons (Fsp3) is 0.222. The zero-order valence-electron chi connectivity index (χ0n) is 7.55. The predicted octanol–water partition coefficient (Wildman–Crippen LogP) is 1.76. The van der Waals surface area contributed by atoms with Crippen molar-refractivity contribution in [3.63, 3.8) is 0 Å². The van der Waals surface area contributed by atoms with Gasteiger partial charge >= 0.3 is 0 Å². The molecule has 0 saturated heterocycles. The number of halogens is 2. The number of benzene rings is 1. The average molecular weight is 217 g/mol. The number of para-hydroxylation sites is 1. The number of amides is 1. The number of nitrogens with two attached hydrogens (primary N) is 1. The van der Waals surface area contributed by atoms with E-state index in [-0.39, 0.29) is 10.7 Å². The molecular formula is C9H10ClFN2O. The standard InChI is InChI=1S/C9H10ClFN2O/c1-5(12)9(14)13-8-6(10)3-2-4-7(8)11/h2-5H,12H2,1H3,(H,13,14)/t5-/m0/s1. The van der Waals surface area contributed by atoms with Gasteiger partial charge in [-0.05, 0) is 19.1 Å². The predicted molar refractivity (Wildman–Crippen MR) is 53.7 cm³/mol. The van der Waals surface area contributed by atoms with E-state index in [9.17, 15) is 9.18 Å². The van der Waals surface area contributed by atoms with Crippen LogP contribution < -0.4 is 11.1 Å². The molecule has 0 bridgehead atoms. The van der Waals surface area contributed by atoms with E-state index in [2.05, 4.69) is 5.32 Å². The molecule has 0 aliphatic rings. The van der Waals surface area contributed by atoms with Crippen molar-refractivity contribution in [1.29, 1.82) is 0 Å². The summed E-state index contributed by atoms with van der Waals surface area (Å²) in [7, 11) is 0. The van der Waals surface area contributed by atoms with Gasteiger partial charge in [0, 0.05) is 0 Å². The van der Waals surface area contributed by atoms with Gasteiger partial charge in [-0.15, -0.1) is 0 Å². The lowest BCUT2D eigenvalue weighted by molar-refractivity contribution is -0.117. The molecule has 5 heteroatoms. The third-order valence-electron chi connectivity index (χ3n) is 1.62. The van der Waals surface area contributed by atoms with Crippen LogP contribution >= 0.6 is 11.6 Å². The molecule has 1 amide bonds. The smallest absolute Gasteiger partial charge is 0.241 e. The second-order valence-corrected chi connectivity index (χ2v) is 3.28. The third kappa shape index (κ3) is 2.43. The minimum atomic E-state index is -0.703. The monoisotopic (exact) mass is 216 g/mol. The molecule has 0 fully saturated rings. The molecule has 1 aromatic carbocycles. The first-order valence-corrected chi connectivity index (χ1v) is 4.40. The van der Waals surface area contributed by atoms with Crippen LogP contribution in [-0.4, -0.2) is 11.9 Å². The minimum absolute atomic E-state index is 0.0310. The molecule has 3 nitrogen and oxygen atoms in total. The average Bonchev–Trinajstić information content (AvgIpc) is 2.11. The van der Waals surface area contributed by atoms with E-state index in [1.54, 1.807) is 0 Å². The Labute approximate surface area is 86.0 Å². The molecule has 1 atom stereocenters. The fourth-order valence-electron chi connectivity index (χ4n) is 0.854. The van der Waals surface area contributed by atoms with Crippen molar-refractivity contribution in [2.75, 3.05) is 5.32 Å². The lowest BCUT2D eigenvalue weighted by Crippen LogP contribution is -2.32. The number of anilines is 1. The Balaban J connectivity index is 2.91. The normalized spacial score (nSPS) is 12.3. The molecule has 14 heavy (non-hydrogen) atoms. The molecule has 1 aromatic rings. The molecular weight excluding hydrogens is 207 g/mol. The van der Waals surface area contributed by atoms with Crippen molar-refractivity contribution in [2.24, 2.45) is 5.73 Å². The Kier molecular flexibility index (Phi) is 3.43. The van der Waals surface area contributed by atoms with Gasteiger partial charge < -0.3 is 11.1 Å².